The zero-order valence-corrected chi connectivity index (χ0v) is 17.4. The van der Waals surface area contributed by atoms with Crippen LogP contribution in [0.15, 0.2) is 53.3 Å². The molecule has 0 fully saturated rings. The number of halogens is 1. The number of aromatic nitrogens is 3. The van der Waals surface area contributed by atoms with E-state index in [0.717, 1.165) is 16.8 Å². The van der Waals surface area contributed by atoms with Gasteiger partial charge in [-0.25, -0.2) is 9.37 Å². The Morgan fingerprint density at radius 3 is 2.55 bits per heavy atom. The third-order valence-corrected chi connectivity index (χ3v) is 5.32. The fourth-order valence-electron chi connectivity index (χ4n) is 3.55. The second kappa shape index (κ2) is 7.71. The van der Waals surface area contributed by atoms with E-state index in [-0.39, 0.29) is 29.5 Å². The van der Waals surface area contributed by atoms with E-state index in [1.54, 1.807) is 20.0 Å². The summed E-state index contributed by atoms with van der Waals surface area (Å²) in [6.07, 6.45) is 0. The van der Waals surface area contributed by atoms with Gasteiger partial charge in [-0.15, -0.1) is 0 Å². The van der Waals surface area contributed by atoms with E-state index in [9.17, 15) is 14.0 Å². The minimum absolute atomic E-state index is 0.161. The van der Waals surface area contributed by atoms with Gasteiger partial charge in [0.05, 0.1) is 17.6 Å². The van der Waals surface area contributed by atoms with Gasteiger partial charge in [0, 0.05) is 24.5 Å². The summed E-state index contributed by atoms with van der Waals surface area (Å²) in [6, 6.07) is 12.4. The van der Waals surface area contributed by atoms with Gasteiger partial charge in [0.25, 0.3) is 11.5 Å². The van der Waals surface area contributed by atoms with Crippen LogP contribution in [-0.4, -0.2) is 27.5 Å². The van der Waals surface area contributed by atoms with Gasteiger partial charge in [0.15, 0.2) is 0 Å². The molecule has 0 saturated carbocycles. The highest BCUT2D eigenvalue weighted by Gasteiger charge is 2.21. The highest BCUT2D eigenvalue weighted by Crippen LogP contribution is 2.21. The molecule has 0 aliphatic heterocycles. The Bertz CT molecular complexity index is 1320. The van der Waals surface area contributed by atoms with Gasteiger partial charge in [-0.3, -0.25) is 14.2 Å². The summed E-state index contributed by atoms with van der Waals surface area (Å²) < 4.78 is 14.7. The molecule has 0 radical (unpaired) electrons. The fourth-order valence-corrected chi connectivity index (χ4v) is 3.55. The summed E-state index contributed by atoms with van der Waals surface area (Å²) in [7, 11) is 1.59. The average molecular weight is 419 g/mol. The zero-order chi connectivity index (χ0) is 22.3. The number of carbonyl (C=O) groups is 1. The molecule has 0 aliphatic rings. The molecule has 3 heterocycles. The first-order valence-electron chi connectivity index (χ1n) is 9.73. The van der Waals surface area contributed by atoms with Crippen LogP contribution in [0.2, 0.25) is 0 Å². The Balaban J connectivity index is 1.75. The standard InChI is InChI=1S/C23H22FN5O2/c1-13-4-9-20(30)29(12-16-11-19-18(26-16)10-14(2)22(25)27-19)21(13)23(31)28(3)17-7-5-15(24)6-8-17/h4-11,26H,12H2,1-3H3,(H2,25,27). The van der Waals surface area contributed by atoms with Crippen molar-refractivity contribution in [3.63, 3.8) is 0 Å². The summed E-state index contributed by atoms with van der Waals surface area (Å²) in [6.45, 7) is 3.81. The number of nitrogens with one attached hydrogen (secondary N) is 1. The molecule has 7 nitrogen and oxygen atoms in total. The number of carbonyl (C=O) groups excluding carboxylic acids is 1. The van der Waals surface area contributed by atoms with Crippen LogP contribution >= 0.6 is 0 Å². The number of amides is 1. The molecular formula is C23H22FN5O2. The number of aryl methyl sites for hydroxylation is 2. The quantitative estimate of drug-likeness (QED) is 0.530. The molecule has 1 amide bonds. The monoisotopic (exact) mass is 419 g/mol. The first-order chi connectivity index (χ1) is 14.7. The van der Waals surface area contributed by atoms with Crippen molar-refractivity contribution in [2.45, 2.75) is 20.4 Å². The molecule has 4 rings (SSSR count). The molecule has 0 spiro atoms. The van der Waals surface area contributed by atoms with Crippen LogP contribution in [0.5, 0.6) is 0 Å². The Kier molecular flexibility index (Phi) is 5.06. The van der Waals surface area contributed by atoms with Gasteiger partial charge in [0.2, 0.25) is 0 Å². The molecule has 158 valence electrons. The van der Waals surface area contributed by atoms with Crippen LogP contribution in [0.1, 0.15) is 27.3 Å². The molecule has 0 unspecified atom stereocenters. The number of anilines is 2. The largest absolute Gasteiger partial charge is 0.383 e. The molecule has 0 saturated heterocycles. The number of H-pyrrole nitrogens is 1. The number of nitrogens with zero attached hydrogens (tertiary/aromatic N) is 3. The molecule has 0 bridgehead atoms. The second-order valence-electron chi connectivity index (χ2n) is 7.55. The Morgan fingerprint density at radius 1 is 1.13 bits per heavy atom. The van der Waals surface area contributed by atoms with Crippen LogP contribution in [0, 0.1) is 19.7 Å². The number of nitrogens with two attached hydrogens (primary N) is 1. The predicted molar refractivity (Wildman–Crippen MR) is 119 cm³/mol. The maximum absolute atomic E-state index is 13.3. The first-order valence-corrected chi connectivity index (χ1v) is 9.73. The number of benzene rings is 1. The van der Waals surface area contributed by atoms with Crippen molar-refractivity contribution in [1.82, 2.24) is 14.5 Å². The smallest absolute Gasteiger partial charge is 0.275 e. The Labute approximate surface area is 177 Å². The number of nitrogen functional groups attached to an aromatic ring is 1. The second-order valence-corrected chi connectivity index (χ2v) is 7.55. The number of rotatable bonds is 4. The van der Waals surface area contributed by atoms with Crippen molar-refractivity contribution in [3.05, 3.63) is 87.2 Å². The number of hydrogen-bond donors (Lipinski definition) is 2. The lowest BCUT2D eigenvalue weighted by Gasteiger charge is -2.21. The van der Waals surface area contributed by atoms with E-state index in [1.165, 1.54) is 39.8 Å². The van der Waals surface area contributed by atoms with E-state index >= 15 is 0 Å². The van der Waals surface area contributed by atoms with Crippen molar-refractivity contribution in [3.8, 4) is 0 Å². The van der Waals surface area contributed by atoms with Crippen molar-refractivity contribution in [2.75, 3.05) is 17.7 Å². The van der Waals surface area contributed by atoms with Crippen molar-refractivity contribution >= 4 is 28.4 Å². The van der Waals surface area contributed by atoms with E-state index in [1.807, 2.05) is 19.1 Å². The molecule has 1 aromatic carbocycles. The summed E-state index contributed by atoms with van der Waals surface area (Å²) in [5, 5.41) is 0. The molecule has 4 aromatic rings. The van der Waals surface area contributed by atoms with Gasteiger partial charge >= 0.3 is 0 Å². The topological polar surface area (TPSA) is 97.0 Å². The van der Waals surface area contributed by atoms with Crippen molar-refractivity contribution in [2.24, 2.45) is 0 Å². The molecule has 0 atom stereocenters. The minimum Gasteiger partial charge on any atom is -0.383 e. The molecule has 8 heteroatoms. The van der Waals surface area contributed by atoms with E-state index in [2.05, 4.69) is 9.97 Å². The lowest BCUT2D eigenvalue weighted by Crippen LogP contribution is -2.34. The third kappa shape index (κ3) is 3.79. The Hall–Kier alpha value is -3.94. The van der Waals surface area contributed by atoms with Gasteiger partial charge in [-0.2, -0.15) is 0 Å². The number of aromatic amines is 1. The number of fused-ring (bicyclic) bond motifs is 1. The lowest BCUT2D eigenvalue weighted by molar-refractivity contribution is 0.0982. The first kappa shape index (κ1) is 20.3. The maximum atomic E-state index is 13.3. The average Bonchev–Trinajstić information content (AvgIpc) is 3.12. The van der Waals surface area contributed by atoms with Crippen molar-refractivity contribution < 1.29 is 9.18 Å². The van der Waals surface area contributed by atoms with Gasteiger partial charge in [0.1, 0.15) is 17.3 Å². The van der Waals surface area contributed by atoms with Gasteiger partial charge in [-0.1, -0.05) is 6.07 Å². The normalized spacial score (nSPS) is 11.1. The number of hydrogen-bond acceptors (Lipinski definition) is 4. The molecule has 3 aromatic heterocycles. The highest BCUT2D eigenvalue weighted by molar-refractivity contribution is 6.05. The fraction of sp³-hybridized carbons (Fsp3) is 0.174. The summed E-state index contributed by atoms with van der Waals surface area (Å²) in [5.74, 6) is -0.306. The summed E-state index contributed by atoms with van der Waals surface area (Å²) >= 11 is 0. The maximum Gasteiger partial charge on any atom is 0.275 e. The van der Waals surface area contributed by atoms with Gasteiger partial charge < -0.3 is 15.6 Å². The molecule has 0 aliphatic carbocycles. The van der Waals surface area contributed by atoms with Crippen LogP contribution in [0.3, 0.4) is 0 Å². The van der Waals surface area contributed by atoms with Crippen LogP contribution in [0.4, 0.5) is 15.9 Å². The van der Waals surface area contributed by atoms with Crippen LogP contribution in [0.25, 0.3) is 11.0 Å². The van der Waals surface area contributed by atoms with Crippen molar-refractivity contribution in [1.29, 1.82) is 0 Å². The summed E-state index contributed by atoms with van der Waals surface area (Å²) in [5.41, 5.74) is 10.1. The predicted octanol–water partition coefficient (Wildman–Crippen LogP) is 3.39. The zero-order valence-electron chi connectivity index (χ0n) is 17.4. The molecular weight excluding hydrogens is 397 g/mol. The summed E-state index contributed by atoms with van der Waals surface area (Å²) in [4.78, 5) is 35.0. The third-order valence-electron chi connectivity index (χ3n) is 5.32. The van der Waals surface area contributed by atoms with Crippen LogP contribution < -0.4 is 16.2 Å². The molecule has 3 N–H and O–H groups in total. The van der Waals surface area contributed by atoms with Gasteiger partial charge in [-0.05, 0) is 61.4 Å². The lowest BCUT2D eigenvalue weighted by atomic mass is 10.1. The SMILES string of the molecule is Cc1cc2[nH]c(Cn3c(C(=O)N(C)c4ccc(F)cc4)c(C)ccc3=O)cc2nc1N. The molecule has 31 heavy (non-hydrogen) atoms. The Morgan fingerprint density at radius 2 is 1.84 bits per heavy atom. The van der Waals surface area contributed by atoms with E-state index < -0.39 is 0 Å². The highest BCUT2D eigenvalue weighted by atomic mass is 19.1. The number of pyridine rings is 2. The van der Waals surface area contributed by atoms with E-state index in [0.29, 0.717) is 22.6 Å². The minimum atomic E-state index is -0.388. The van der Waals surface area contributed by atoms with E-state index in [4.69, 9.17) is 5.73 Å². The van der Waals surface area contributed by atoms with Crippen LogP contribution in [-0.2, 0) is 6.54 Å².